The van der Waals surface area contributed by atoms with Crippen LogP contribution in [0.1, 0.15) is 42.6 Å². The third-order valence-corrected chi connectivity index (χ3v) is 7.64. The van der Waals surface area contributed by atoms with E-state index < -0.39 is 33.8 Å². The van der Waals surface area contributed by atoms with Crippen molar-refractivity contribution in [2.45, 2.75) is 49.8 Å². The van der Waals surface area contributed by atoms with Gasteiger partial charge in [0.15, 0.2) is 0 Å². The topological polar surface area (TPSA) is 112 Å². The molecular weight excluding hydrogens is 581 g/mol. The maximum Gasteiger partial charge on any atom is 0.416 e. The van der Waals surface area contributed by atoms with E-state index in [1.807, 2.05) is 0 Å². The summed E-state index contributed by atoms with van der Waals surface area (Å²) < 4.78 is 79.3. The molecule has 2 heterocycles. The van der Waals surface area contributed by atoms with Crippen molar-refractivity contribution in [2.75, 3.05) is 6.61 Å². The number of benzene rings is 1. The SMILES string of the molecule is CCOC(=O)Cn1ncc2c1CCCC2NS(=O)(=O)c1cnc(Oc2ccc(C(F)(F)F)cc2)c(Br)c1. The number of carbonyl (C=O) groups excluding carboxylic acids is 1. The molecule has 0 spiro atoms. The molecule has 1 aliphatic carbocycles. The van der Waals surface area contributed by atoms with Gasteiger partial charge in [0.2, 0.25) is 15.9 Å². The average molecular weight is 603 g/mol. The van der Waals surface area contributed by atoms with Gasteiger partial charge in [-0.1, -0.05) is 0 Å². The number of nitrogens with one attached hydrogen (secondary N) is 1. The Hall–Kier alpha value is -2.97. The van der Waals surface area contributed by atoms with E-state index in [0.717, 1.165) is 36.2 Å². The number of fused-ring (bicyclic) bond motifs is 1. The molecule has 0 saturated heterocycles. The normalized spacial score (nSPS) is 15.8. The summed E-state index contributed by atoms with van der Waals surface area (Å²) in [5, 5.41) is 4.24. The number of hydrogen-bond donors (Lipinski definition) is 1. The van der Waals surface area contributed by atoms with Crippen LogP contribution in [0.5, 0.6) is 11.6 Å². The van der Waals surface area contributed by atoms with Gasteiger partial charge in [0.1, 0.15) is 17.2 Å². The Morgan fingerprint density at radius 3 is 2.62 bits per heavy atom. The van der Waals surface area contributed by atoms with Crippen LogP contribution in [-0.4, -0.2) is 35.8 Å². The maximum absolute atomic E-state index is 13.1. The van der Waals surface area contributed by atoms with Crippen molar-refractivity contribution in [1.29, 1.82) is 0 Å². The predicted molar refractivity (Wildman–Crippen MR) is 128 cm³/mol. The monoisotopic (exact) mass is 602 g/mol. The fourth-order valence-electron chi connectivity index (χ4n) is 3.92. The first kappa shape index (κ1) is 27.1. The standard InChI is InChI=1S/C23H22BrF3N4O5S/c1-2-35-21(32)13-31-20-5-3-4-19(17(20)12-29-31)30-37(33,34)16-10-18(24)22(28-11-16)36-15-8-6-14(7-9-15)23(25,26)27/h6-12,19,30H,2-5,13H2,1H3. The van der Waals surface area contributed by atoms with Gasteiger partial charge in [-0.05, 0) is 72.4 Å². The summed E-state index contributed by atoms with van der Waals surface area (Å²) in [5.74, 6) is -0.339. The van der Waals surface area contributed by atoms with Gasteiger partial charge in [0.05, 0.1) is 35.1 Å². The van der Waals surface area contributed by atoms with Crippen LogP contribution in [0, 0.1) is 0 Å². The number of carbonyl (C=O) groups is 1. The molecular formula is C23H22BrF3N4O5S. The largest absolute Gasteiger partial charge is 0.465 e. The lowest BCUT2D eigenvalue weighted by molar-refractivity contribution is -0.144. The quantitative estimate of drug-likeness (QED) is 0.369. The molecule has 1 N–H and O–H groups in total. The van der Waals surface area contributed by atoms with Crippen molar-refractivity contribution in [3.63, 3.8) is 0 Å². The molecule has 1 atom stereocenters. The predicted octanol–water partition coefficient (Wildman–Crippen LogP) is 4.77. The summed E-state index contributed by atoms with van der Waals surface area (Å²) in [4.78, 5) is 15.7. The highest BCUT2D eigenvalue weighted by molar-refractivity contribution is 9.10. The summed E-state index contributed by atoms with van der Waals surface area (Å²) >= 11 is 3.22. The van der Waals surface area contributed by atoms with E-state index in [4.69, 9.17) is 9.47 Å². The van der Waals surface area contributed by atoms with E-state index in [1.165, 1.54) is 10.7 Å². The molecule has 1 aliphatic rings. The van der Waals surface area contributed by atoms with Gasteiger partial charge in [0.25, 0.3) is 0 Å². The smallest absolute Gasteiger partial charge is 0.416 e. The first-order valence-electron chi connectivity index (χ1n) is 11.2. The molecule has 0 fully saturated rings. The summed E-state index contributed by atoms with van der Waals surface area (Å²) in [6.45, 7) is 1.91. The molecule has 0 aliphatic heterocycles. The lowest BCUT2D eigenvalue weighted by atomic mass is 9.94. The number of nitrogens with zero attached hydrogens (tertiary/aromatic N) is 3. The maximum atomic E-state index is 13.1. The molecule has 0 saturated carbocycles. The molecule has 14 heteroatoms. The van der Waals surface area contributed by atoms with Gasteiger partial charge in [-0.25, -0.2) is 18.1 Å². The molecule has 4 rings (SSSR count). The minimum Gasteiger partial charge on any atom is -0.465 e. The molecule has 0 radical (unpaired) electrons. The van der Waals surface area contributed by atoms with Crippen molar-refractivity contribution in [3.8, 4) is 11.6 Å². The van der Waals surface area contributed by atoms with Crippen LogP contribution < -0.4 is 9.46 Å². The van der Waals surface area contributed by atoms with Gasteiger partial charge >= 0.3 is 12.1 Å². The van der Waals surface area contributed by atoms with Crippen LogP contribution in [0.4, 0.5) is 13.2 Å². The molecule has 1 aromatic carbocycles. The lowest BCUT2D eigenvalue weighted by Gasteiger charge is -2.24. The molecule has 0 bridgehead atoms. The van der Waals surface area contributed by atoms with Crippen molar-refractivity contribution >= 4 is 31.9 Å². The molecule has 37 heavy (non-hydrogen) atoms. The molecule has 198 valence electrons. The molecule has 0 amide bonds. The second kappa shape index (κ2) is 10.8. The summed E-state index contributed by atoms with van der Waals surface area (Å²) in [6.07, 6.45) is 0.0587. The minimum absolute atomic E-state index is 0.0149. The molecule has 1 unspecified atom stereocenters. The van der Waals surface area contributed by atoms with Crippen molar-refractivity contribution in [3.05, 3.63) is 64.0 Å². The second-order valence-corrected chi connectivity index (χ2v) is 10.7. The Kier molecular flexibility index (Phi) is 7.90. The van der Waals surface area contributed by atoms with E-state index in [2.05, 4.69) is 30.7 Å². The third-order valence-electron chi connectivity index (χ3n) is 5.63. The number of hydrogen-bond acceptors (Lipinski definition) is 7. The number of aromatic nitrogens is 3. The van der Waals surface area contributed by atoms with E-state index in [9.17, 15) is 26.4 Å². The van der Waals surface area contributed by atoms with Gasteiger partial charge in [-0.15, -0.1) is 0 Å². The highest BCUT2D eigenvalue weighted by Crippen LogP contribution is 2.34. The van der Waals surface area contributed by atoms with E-state index >= 15 is 0 Å². The molecule has 9 nitrogen and oxygen atoms in total. The van der Waals surface area contributed by atoms with E-state index in [1.54, 1.807) is 13.1 Å². The average Bonchev–Trinajstić information content (AvgIpc) is 3.24. The Morgan fingerprint density at radius 1 is 1.24 bits per heavy atom. The fraction of sp³-hybridized carbons (Fsp3) is 0.348. The zero-order chi connectivity index (χ0) is 26.8. The van der Waals surface area contributed by atoms with Crippen LogP contribution in [-0.2, 0) is 38.7 Å². The van der Waals surface area contributed by atoms with Crippen LogP contribution in [0.2, 0.25) is 0 Å². The Bertz CT molecular complexity index is 1390. The third kappa shape index (κ3) is 6.30. The van der Waals surface area contributed by atoms with Gasteiger partial charge in [-0.2, -0.15) is 18.3 Å². The Balaban J connectivity index is 1.48. The lowest BCUT2D eigenvalue weighted by Crippen LogP contribution is -2.31. The summed E-state index contributed by atoms with van der Waals surface area (Å²) in [5.41, 5.74) is 0.636. The van der Waals surface area contributed by atoms with E-state index in [-0.39, 0.29) is 34.1 Å². The number of rotatable bonds is 8. The van der Waals surface area contributed by atoms with Crippen LogP contribution in [0.3, 0.4) is 0 Å². The number of ether oxygens (including phenoxy) is 2. The van der Waals surface area contributed by atoms with Crippen LogP contribution in [0.25, 0.3) is 0 Å². The molecule has 2 aromatic heterocycles. The first-order valence-corrected chi connectivity index (χ1v) is 13.5. The van der Waals surface area contributed by atoms with Crippen molar-refractivity contribution in [2.24, 2.45) is 0 Å². The van der Waals surface area contributed by atoms with E-state index in [0.29, 0.717) is 24.8 Å². The van der Waals surface area contributed by atoms with Crippen molar-refractivity contribution in [1.82, 2.24) is 19.5 Å². The molecule has 3 aromatic rings. The Morgan fingerprint density at radius 2 is 1.97 bits per heavy atom. The summed E-state index contributed by atoms with van der Waals surface area (Å²) in [6, 6.07) is 4.78. The summed E-state index contributed by atoms with van der Waals surface area (Å²) in [7, 11) is -4.01. The highest BCUT2D eigenvalue weighted by atomic mass is 79.9. The zero-order valence-corrected chi connectivity index (χ0v) is 21.9. The van der Waals surface area contributed by atoms with Crippen LogP contribution >= 0.6 is 15.9 Å². The van der Waals surface area contributed by atoms with Gasteiger partial charge in [-0.3, -0.25) is 9.48 Å². The highest BCUT2D eigenvalue weighted by Gasteiger charge is 2.31. The number of alkyl halides is 3. The zero-order valence-electron chi connectivity index (χ0n) is 19.5. The van der Waals surface area contributed by atoms with Crippen LogP contribution in [0.15, 0.2) is 52.1 Å². The fourth-order valence-corrected chi connectivity index (χ4v) is 5.72. The van der Waals surface area contributed by atoms with Crippen molar-refractivity contribution < 1.29 is 35.9 Å². The van der Waals surface area contributed by atoms with Gasteiger partial charge < -0.3 is 9.47 Å². The van der Waals surface area contributed by atoms with Gasteiger partial charge in [0, 0.05) is 11.3 Å². The number of halogens is 4. The minimum atomic E-state index is -4.47. The number of pyridine rings is 1. The number of sulfonamides is 1. The first-order chi connectivity index (χ1) is 17.5. The Labute approximate surface area is 219 Å². The second-order valence-electron chi connectivity index (χ2n) is 8.16. The number of esters is 1.